The molecule has 104 valence electrons. The van der Waals surface area contributed by atoms with Crippen LogP contribution < -0.4 is 5.32 Å². The summed E-state index contributed by atoms with van der Waals surface area (Å²) in [6, 6.07) is 2.40. The summed E-state index contributed by atoms with van der Waals surface area (Å²) in [6.07, 6.45) is 0.922. The third-order valence-electron chi connectivity index (χ3n) is 3.16. The van der Waals surface area contributed by atoms with Gasteiger partial charge in [0.1, 0.15) is 0 Å². The topological polar surface area (TPSA) is 29.9 Å². The number of aryl methyl sites for hydroxylation is 2. The normalized spacial score (nSPS) is 12.9. The quantitative estimate of drug-likeness (QED) is 0.801. The fraction of sp³-hybridized carbons (Fsp3) is 0.462. The number of likely N-dealkylation sites (N-methyl/N-ethyl adjacent to an activating group) is 1. The van der Waals surface area contributed by atoms with Crippen LogP contribution in [0.3, 0.4) is 0 Å². The summed E-state index contributed by atoms with van der Waals surface area (Å²) in [6.45, 7) is 5.05. The van der Waals surface area contributed by atoms with E-state index >= 15 is 0 Å². The van der Waals surface area contributed by atoms with Gasteiger partial charge in [-0.25, -0.2) is 0 Å². The lowest BCUT2D eigenvalue weighted by Gasteiger charge is -2.16. The highest BCUT2D eigenvalue weighted by atomic mass is 79.9. The summed E-state index contributed by atoms with van der Waals surface area (Å²) in [5.74, 6) is 0. The predicted molar refractivity (Wildman–Crippen MR) is 87.9 cm³/mol. The molecular weight excluding hydrogens is 390 g/mol. The molecule has 0 spiro atoms. The number of hydrogen-bond acceptors (Lipinski definition) is 3. The largest absolute Gasteiger partial charge is 0.312 e. The molecular formula is C13H17Br2N3S. The van der Waals surface area contributed by atoms with Gasteiger partial charge < -0.3 is 5.32 Å². The third-order valence-corrected chi connectivity index (χ3v) is 6.18. The van der Waals surface area contributed by atoms with E-state index in [0.29, 0.717) is 6.04 Å². The average molecular weight is 407 g/mol. The number of thiophene rings is 1. The van der Waals surface area contributed by atoms with Crippen molar-refractivity contribution in [2.45, 2.75) is 32.9 Å². The Balaban J connectivity index is 2.31. The van der Waals surface area contributed by atoms with Crippen LogP contribution in [-0.2, 0) is 13.0 Å². The van der Waals surface area contributed by atoms with Crippen LogP contribution in [0.4, 0.5) is 0 Å². The van der Waals surface area contributed by atoms with Gasteiger partial charge in [0.15, 0.2) is 0 Å². The van der Waals surface area contributed by atoms with Crippen LogP contribution in [0.1, 0.15) is 29.2 Å². The molecule has 0 aliphatic carbocycles. The summed E-state index contributed by atoms with van der Waals surface area (Å²) in [7, 11) is 2.00. The Hall–Kier alpha value is -0.170. The van der Waals surface area contributed by atoms with Gasteiger partial charge in [-0.15, -0.1) is 11.3 Å². The summed E-state index contributed by atoms with van der Waals surface area (Å²) in [4.78, 5) is 1.33. The van der Waals surface area contributed by atoms with Crippen molar-refractivity contribution in [2.24, 2.45) is 0 Å². The van der Waals surface area contributed by atoms with E-state index < -0.39 is 0 Å². The predicted octanol–water partition coefficient (Wildman–Crippen LogP) is 4.30. The monoisotopic (exact) mass is 405 g/mol. The highest BCUT2D eigenvalue weighted by molar-refractivity contribution is 9.10. The molecule has 0 fully saturated rings. The Labute approximate surface area is 134 Å². The Bertz CT molecular complexity index is 562. The second-order valence-electron chi connectivity index (χ2n) is 4.34. The van der Waals surface area contributed by atoms with Crippen LogP contribution in [0, 0.1) is 6.92 Å². The molecule has 0 radical (unpaired) electrons. The Morgan fingerprint density at radius 3 is 2.74 bits per heavy atom. The van der Waals surface area contributed by atoms with Crippen molar-refractivity contribution in [3.63, 3.8) is 0 Å². The van der Waals surface area contributed by atoms with E-state index in [-0.39, 0.29) is 0 Å². The van der Waals surface area contributed by atoms with Gasteiger partial charge >= 0.3 is 0 Å². The van der Waals surface area contributed by atoms with Crippen molar-refractivity contribution in [3.05, 3.63) is 36.7 Å². The molecule has 0 amide bonds. The molecule has 2 rings (SSSR count). The van der Waals surface area contributed by atoms with Crippen LogP contribution in [-0.4, -0.2) is 16.8 Å². The fourth-order valence-corrected chi connectivity index (χ4v) is 4.34. The maximum Gasteiger partial charge on any atom is 0.0738 e. The Morgan fingerprint density at radius 1 is 1.47 bits per heavy atom. The van der Waals surface area contributed by atoms with Crippen molar-refractivity contribution in [1.82, 2.24) is 15.1 Å². The van der Waals surface area contributed by atoms with Gasteiger partial charge in [-0.2, -0.15) is 5.10 Å². The molecule has 0 aliphatic heterocycles. The molecule has 6 heteroatoms. The van der Waals surface area contributed by atoms with Crippen LogP contribution in [0.5, 0.6) is 0 Å². The van der Waals surface area contributed by atoms with Gasteiger partial charge in [-0.1, -0.05) is 0 Å². The van der Waals surface area contributed by atoms with Gasteiger partial charge in [-0.05, 0) is 64.2 Å². The van der Waals surface area contributed by atoms with Crippen molar-refractivity contribution >= 4 is 43.2 Å². The molecule has 1 atom stereocenters. The standard InChI is InChI=1S/C13H17Br2N3S/c1-4-18-11(12(15)8(2)17-18)7-10(16-3)13-9(14)5-6-19-13/h5-6,10,16H,4,7H2,1-3H3. The van der Waals surface area contributed by atoms with Crippen molar-refractivity contribution in [1.29, 1.82) is 0 Å². The number of aromatic nitrogens is 2. The molecule has 1 unspecified atom stereocenters. The molecule has 0 saturated carbocycles. The van der Waals surface area contributed by atoms with Gasteiger partial charge in [0.25, 0.3) is 0 Å². The second kappa shape index (κ2) is 6.52. The number of nitrogens with zero attached hydrogens (tertiary/aromatic N) is 2. The first-order chi connectivity index (χ1) is 9.08. The van der Waals surface area contributed by atoms with E-state index in [1.165, 1.54) is 15.0 Å². The third kappa shape index (κ3) is 3.12. The number of nitrogens with one attached hydrogen (secondary N) is 1. The smallest absolute Gasteiger partial charge is 0.0738 e. The minimum Gasteiger partial charge on any atom is -0.312 e. The van der Waals surface area contributed by atoms with E-state index in [0.717, 1.165) is 23.1 Å². The first kappa shape index (κ1) is 15.2. The lowest BCUT2D eigenvalue weighted by molar-refractivity contribution is 0.544. The van der Waals surface area contributed by atoms with Crippen molar-refractivity contribution in [2.75, 3.05) is 7.05 Å². The number of rotatable bonds is 5. The van der Waals surface area contributed by atoms with Crippen LogP contribution in [0.15, 0.2) is 20.4 Å². The summed E-state index contributed by atoms with van der Waals surface area (Å²) >= 11 is 9.05. The zero-order valence-corrected chi connectivity index (χ0v) is 15.2. The van der Waals surface area contributed by atoms with E-state index in [9.17, 15) is 0 Å². The van der Waals surface area contributed by atoms with Crippen LogP contribution in [0.2, 0.25) is 0 Å². The number of halogens is 2. The van der Waals surface area contributed by atoms with E-state index in [4.69, 9.17) is 0 Å². The summed E-state index contributed by atoms with van der Waals surface area (Å²) in [5, 5.41) is 10.1. The molecule has 19 heavy (non-hydrogen) atoms. The van der Waals surface area contributed by atoms with E-state index in [1.807, 2.05) is 14.0 Å². The zero-order chi connectivity index (χ0) is 14.0. The molecule has 1 N–H and O–H groups in total. The molecule has 2 aromatic rings. The van der Waals surface area contributed by atoms with Gasteiger partial charge in [0.2, 0.25) is 0 Å². The van der Waals surface area contributed by atoms with E-state index in [2.05, 4.69) is 65.3 Å². The van der Waals surface area contributed by atoms with Crippen molar-refractivity contribution in [3.8, 4) is 0 Å². The second-order valence-corrected chi connectivity index (χ2v) is 6.94. The first-order valence-electron chi connectivity index (χ1n) is 6.20. The minimum atomic E-state index is 0.298. The highest BCUT2D eigenvalue weighted by Gasteiger charge is 2.20. The molecule has 0 aromatic carbocycles. The molecule has 2 aromatic heterocycles. The lowest BCUT2D eigenvalue weighted by atomic mass is 10.1. The van der Waals surface area contributed by atoms with Gasteiger partial charge in [-0.3, -0.25) is 4.68 Å². The lowest BCUT2D eigenvalue weighted by Crippen LogP contribution is -2.20. The summed E-state index contributed by atoms with van der Waals surface area (Å²) < 4.78 is 4.38. The molecule has 0 saturated heterocycles. The van der Waals surface area contributed by atoms with Crippen LogP contribution >= 0.6 is 43.2 Å². The average Bonchev–Trinajstić information content (AvgIpc) is 2.93. The number of hydrogen-bond donors (Lipinski definition) is 1. The van der Waals surface area contributed by atoms with E-state index in [1.54, 1.807) is 11.3 Å². The maximum absolute atomic E-state index is 4.55. The zero-order valence-electron chi connectivity index (χ0n) is 11.2. The maximum atomic E-state index is 4.55. The fourth-order valence-electron chi connectivity index (χ4n) is 2.14. The van der Waals surface area contributed by atoms with Gasteiger partial charge in [0, 0.05) is 28.4 Å². The van der Waals surface area contributed by atoms with Gasteiger partial charge in [0.05, 0.1) is 15.9 Å². The Kier molecular flexibility index (Phi) is 5.22. The molecule has 2 heterocycles. The molecule has 0 bridgehead atoms. The molecule has 0 aliphatic rings. The molecule has 3 nitrogen and oxygen atoms in total. The van der Waals surface area contributed by atoms with Crippen molar-refractivity contribution < 1.29 is 0 Å². The Morgan fingerprint density at radius 2 is 2.21 bits per heavy atom. The van der Waals surface area contributed by atoms with Crippen LogP contribution in [0.25, 0.3) is 0 Å². The first-order valence-corrected chi connectivity index (χ1v) is 8.67. The SMILES string of the molecule is CCn1nc(C)c(Br)c1CC(NC)c1sccc1Br. The summed E-state index contributed by atoms with van der Waals surface area (Å²) in [5.41, 5.74) is 2.30. The minimum absolute atomic E-state index is 0.298. The highest BCUT2D eigenvalue weighted by Crippen LogP contribution is 2.33.